The molecule has 0 bridgehead atoms. The van der Waals surface area contributed by atoms with Crippen LogP contribution in [0, 0.1) is 0 Å². The number of halogens is 2. The maximum atomic E-state index is 13.4. The molecule has 0 radical (unpaired) electrons. The van der Waals surface area contributed by atoms with Crippen LogP contribution in [0.3, 0.4) is 0 Å². The molecule has 9 heteroatoms. The zero-order chi connectivity index (χ0) is 27.7. The first-order valence-corrected chi connectivity index (χ1v) is 13.9. The van der Waals surface area contributed by atoms with E-state index in [1.807, 2.05) is 19.1 Å². The minimum Gasteiger partial charge on any atom is -0.490 e. The van der Waals surface area contributed by atoms with Gasteiger partial charge in [-0.2, -0.15) is 0 Å². The second-order valence-corrected chi connectivity index (χ2v) is 10.7. The van der Waals surface area contributed by atoms with Gasteiger partial charge in [-0.1, -0.05) is 35.3 Å². The van der Waals surface area contributed by atoms with E-state index in [0.717, 1.165) is 5.56 Å². The fraction of sp³-hybridized carbons (Fsp3) is 0.367. The highest BCUT2D eigenvalue weighted by atomic mass is 35.5. The number of carbonyl (C=O) groups excluding carboxylic acids is 2. The Labute approximate surface area is 237 Å². The van der Waals surface area contributed by atoms with Crippen molar-refractivity contribution >= 4 is 40.7 Å². The number of carboxylic acids is 1. The number of ether oxygens (including phenoxy) is 2. The molecule has 2 aromatic rings. The summed E-state index contributed by atoms with van der Waals surface area (Å²) in [7, 11) is 0. The highest BCUT2D eigenvalue weighted by Crippen LogP contribution is 2.51. The molecule has 0 spiro atoms. The number of ketones is 2. The van der Waals surface area contributed by atoms with Crippen LogP contribution in [0.2, 0.25) is 10.0 Å². The third kappa shape index (κ3) is 5.43. The second-order valence-electron chi connectivity index (χ2n) is 9.87. The molecule has 204 valence electrons. The highest BCUT2D eigenvalue weighted by Gasteiger charge is 2.44. The van der Waals surface area contributed by atoms with E-state index in [-0.39, 0.29) is 24.7 Å². The molecule has 3 aliphatic rings. The average Bonchev–Trinajstić information content (AvgIpc) is 2.90. The van der Waals surface area contributed by atoms with Crippen LogP contribution in [0.1, 0.15) is 62.5 Å². The van der Waals surface area contributed by atoms with Gasteiger partial charge in [-0.05, 0) is 68.0 Å². The summed E-state index contributed by atoms with van der Waals surface area (Å²) in [5, 5.41) is 10.6. The first-order chi connectivity index (χ1) is 18.8. The Bertz CT molecular complexity index is 1350. The van der Waals surface area contributed by atoms with Crippen molar-refractivity contribution in [1.82, 2.24) is 4.90 Å². The van der Waals surface area contributed by atoms with E-state index in [1.165, 1.54) is 0 Å². The molecule has 39 heavy (non-hydrogen) atoms. The maximum Gasteiger partial charge on any atom is 0.323 e. The van der Waals surface area contributed by atoms with E-state index in [4.69, 9.17) is 32.7 Å². The number of nitrogens with zero attached hydrogens (tertiary/aromatic N) is 1. The Morgan fingerprint density at radius 1 is 0.949 bits per heavy atom. The number of hydrogen-bond acceptors (Lipinski definition) is 6. The van der Waals surface area contributed by atoms with Crippen LogP contribution in [0.25, 0.3) is 0 Å². The third-order valence-electron chi connectivity index (χ3n) is 7.34. The highest BCUT2D eigenvalue weighted by molar-refractivity contribution is 6.32. The van der Waals surface area contributed by atoms with Crippen molar-refractivity contribution in [3.05, 3.63) is 80.1 Å². The predicted molar refractivity (Wildman–Crippen MR) is 147 cm³/mol. The van der Waals surface area contributed by atoms with E-state index in [9.17, 15) is 19.5 Å². The van der Waals surface area contributed by atoms with Gasteiger partial charge in [-0.25, -0.2) is 0 Å². The van der Waals surface area contributed by atoms with Gasteiger partial charge < -0.3 is 19.5 Å². The van der Waals surface area contributed by atoms with Gasteiger partial charge in [0.2, 0.25) is 0 Å². The van der Waals surface area contributed by atoms with Crippen molar-refractivity contribution in [2.24, 2.45) is 0 Å². The van der Waals surface area contributed by atoms with Gasteiger partial charge in [-0.3, -0.25) is 14.4 Å². The van der Waals surface area contributed by atoms with Crippen molar-refractivity contribution < 1.29 is 29.0 Å². The van der Waals surface area contributed by atoms with E-state index in [2.05, 4.69) is 0 Å². The normalized spacial score (nSPS) is 17.8. The van der Waals surface area contributed by atoms with E-state index < -0.39 is 11.9 Å². The largest absolute Gasteiger partial charge is 0.490 e. The molecule has 7 nitrogen and oxygen atoms in total. The van der Waals surface area contributed by atoms with Gasteiger partial charge in [-0.15, -0.1) is 0 Å². The van der Waals surface area contributed by atoms with Crippen LogP contribution in [0.5, 0.6) is 11.5 Å². The first-order valence-electron chi connectivity index (χ1n) is 13.1. The van der Waals surface area contributed by atoms with Gasteiger partial charge in [0, 0.05) is 46.3 Å². The van der Waals surface area contributed by atoms with E-state index in [1.54, 1.807) is 29.2 Å². The van der Waals surface area contributed by atoms with Crippen molar-refractivity contribution in [1.29, 1.82) is 0 Å². The molecular weight excluding hydrogens is 541 g/mol. The summed E-state index contributed by atoms with van der Waals surface area (Å²) < 4.78 is 12.0. The molecule has 0 aromatic heterocycles. The van der Waals surface area contributed by atoms with Crippen LogP contribution in [0.15, 0.2) is 58.9 Å². The summed E-state index contributed by atoms with van der Waals surface area (Å²) >= 11 is 12.8. The number of Topliss-reactive ketones (excluding diaryl/α,β-unsaturated/α-hetero) is 2. The molecule has 2 aromatic carbocycles. The van der Waals surface area contributed by atoms with E-state index in [0.29, 0.717) is 94.8 Å². The summed E-state index contributed by atoms with van der Waals surface area (Å²) in [6, 6.07) is 10.8. The molecule has 0 atom stereocenters. The Hall–Kier alpha value is -3.29. The lowest BCUT2D eigenvalue weighted by Gasteiger charge is -2.43. The molecule has 1 aliphatic heterocycles. The lowest BCUT2D eigenvalue weighted by atomic mass is 9.71. The third-order valence-corrected chi connectivity index (χ3v) is 7.87. The standard InChI is InChI=1S/C30H29Cl2NO6/c1-2-38-25-14-18(13-20(32)30(25)39-16-17-9-11-19(31)12-10-17)27-28-21(5-3-7-23(28)34)33(15-26(36)37)22-6-4-8-24(35)29(22)27/h9-14,27H,2-8,15-16H2,1H3,(H,36,37). The van der Waals surface area contributed by atoms with Gasteiger partial charge in [0.1, 0.15) is 13.2 Å². The summed E-state index contributed by atoms with van der Waals surface area (Å²) in [4.78, 5) is 40.3. The van der Waals surface area contributed by atoms with Crippen LogP contribution < -0.4 is 9.47 Å². The molecule has 0 unspecified atom stereocenters. The fourth-order valence-electron chi connectivity index (χ4n) is 5.77. The Morgan fingerprint density at radius 2 is 1.56 bits per heavy atom. The van der Waals surface area contributed by atoms with Crippen LogP contribution in [-0.2, 0) is 21.0 Å². The summed E-state index contributed by atoms with van der Waals surface area (Å²) in [6.45, 7) is 2.16. The molecule has 0 saturated heterocycles. The monoisotopic (exact) mass is 569 g/mol. The lowest BCUT2D eigenvalue weighted by molar-refractivity contribution is -0.138. The maximum absolute atomic E-state index is 13.4. The van der Waals surface area contributed by atoms with Crippen molar-refractivity contribution in [2.75, 3.05) is 13.2 Å². The molecule has 0 fully saturated rings. The minimum atomic E-state index is -1.01. The number of aliphatic carboxylic acids is 1. The molecule has 5 rings (SSSR count). The van der Waals surface area contributed by atoms with Crippen molar-refractivity contribution in [2.45, 2.75) is 58.0 Å². The summed E-state index contributed by atoms with van der Waals surface area (Å²) in [5.41, 5.74) is 3.93. The number of carboxylic acid groups (broad SMARTS) is 1. The number of rotatable bonds is 8. The zero-order valence-electron chi connectivity index (χ0n) is 21.6. The molecular formula is C30H29Cl2NO6. The average molecular weight is 570 g/mol. The van der Waals surface area contributed by atoms with Crippen molar-refractivity contribution in [3.8, 4) is 11.5 Å². The summed E-state index contributed by atoms with van der Waals surface area (Å²) in [6.07, 6.45) is 3.12. The predicted octanol–water partition coefficient (Wildman–Crippen LogP) is 6.47. The van der Waals surface area contributed by atoms with Gasteiger partial charge in [0.15, 0.2) is 23.1 Å². The van der Waals surface area contributed by atoms with Gasteiger partial charge >= 0.3 is 5.97 Å². The molecule has 1 heterocycles. The van der Waals surface area contributed by atoms with Crippen LogP contribution in [0.4, 0.5) is 0 Å². The SMILES string of the molecule is CCOc1cc(C2C3=C(CCCC3=O)N(CC(=O)O)C3=C2C(=O)CCC3)cc(Cl)c1OCc1ccc(Cl)cc1. The van der Waals surface area contributed by atoms with Crippen molar-refractivity contribution in [3.63, 3.8) is 0 Å². The molecule has 0 saturated carbocycles. The topological polar surface area (TPSA) is 93.1 Å². The Kier molecular flexibility index (Phi) is 8.01. The molecule has 1 N–H and O–H groups in total. The lowest BCUT2D eigenvalue weighted by Crippen LogP contribution is -2.41. The second kappa shape index (κ2) is 11.4. The molecule has 0 amide bonds. The number of allylic oxidation sites excluding steroid dienone is 4. The quantitative estimate of drug-likeness (QED) is 0.389. The Balaban J connectivity index is 1.61. The Morgan fingerprint density at radius 3 is 2.13 bits per heavy atom. The first kappa shape index (κ1) is 27.3. The molecule has 2 aliphatic carbocycles. The van der Waals surface area contributed by atoms with Gasteiger partial charge in [0.25, 0.3) is 0 Å². The zero-order valence-corrected chi connectivity index (χ0v) is 23.1. The number of hydrogen-bond donors (Lipinski definition) is 1. The number of benzene rings is 2. The van der Waals surface area contributed by atoms with Gasteiger partial charge in [0.05, 0.1) is 11.6 Å². The van der Waals surface area contributed by atoms with Crippen LogP contribution in [-0.4, -0.2) is 40.7 Å². The smallest absolute Gasteiger partial charge is 0.323 e. The summed E-state index contributed by atoms with van der Waals surface area (Å²) in [5.74, 6) is -1.00. The number of carbonyl (C=O) groups is 3. The minimum absolute atomic E-state index is 0.0706. The van der Waals surface area contributed by atoms with Crippen LogP contribution >= 0.6 is 23.2 Å². The van der Waals surface area contributed by atoms with E-state index >= 15 is 0 Å². The fourth-order valence-corrected chi connectivity index (χ4v) is 6.17.